The van der Waals surface area contributed by atoms with Crippen molar-refractivity contribution in [3.8, 4) is 0 Å². The van der Waals surface area contributed by atoms with Gasteiger partial charge >= 0.3 is 5.97 Å². The quantitative estimate of drug-likeness (QED) is 0.782. The number of fused-ring (bicyclic) bond motifs is 1. The number of aromatic carboxylic acids is 1. The first kappa shape index (κ1) is 18.9. The topological polar surface area (TPSA) is 105 Å². The van der Waals surface area contributed by atoms with Crippen LogP contribution in [0.25, 0.3) is 10.9 Å². The van der Waals surface area contributed by atoms with E-state index in [-0.39, 0.29) is 19.2 Å². The zero-order chi connectivity index (χ0) is 16.3. The number of anilines is 1. The van der Waals surface area contributed by atoms with E-state index in [0.717, 1.165) is 41.7 Å². The molecule has 0 amide bonds. The third kappa shape index (κ3) is 3.97. The monoisotopic (exact) mass is 318 g/mol. The molecule has 1 aromatic heterocycles. The predicted molar refractivity (Wildman–Crippen MR) is 95.1 cm³/mol. The predicted octanol–water partition coefficient (Wildman–Crippen LogP) is 1.99. The summed E-state index contributed by atoms with van der Waals surface area (Å²) in [6.07, 6.45) is 0.929. The van der Waals surface area contributed by atoms with Crippen molar-refractivity contribution in [1.29, 1.82) is 0 Å². The van der Waals surface area contributed by atoms with Crippen LogP contribution in [0.3, 0.4) is 0 Å². The Bertz CT molecular complexity index is 688. The first-order chi connectivity index (χ1) is 10.5. The molecule has 1 aromatic carbocycles. The zero-order valence-electron chi connectivity index (χ0n) is 12.9. The number of rotatable bonds is 2. The van der Waals surface area contributed by atoms with E-state index in [2.05, 4.69) is 15.6 Å². The Morgan fingerprint density at radius 1 is 1.35 bits per heavy atom. The molecule has 1 atom stereocenters. The molecule has 0 radical (unpaired) electrons. The number of aryl methyl sites for hydroxylation is 1. The van der Waals surface area contributed by atoms with Crippen LogP contribution < -0.4 is 16.4 Å². The van der Waals surface area contributed by atoms with Crippen molar-refractivity contribution in [2.75, 3.05) is 25.0 Å². The summed E-state index contributed by atoms with van der Waals surface area (Å²) in [6.45, 7) is 3.58. The second-order valence-electron chi connectivity index (χ2n) is 5.35. The average molecular weight is 318 g/mol. The van der Waals surface area contributed by atoms with E-state index in [4.69, 9.17) is 5.73 Å². The molecule has 1 aliphatic rings. The van der Waals surface area contributed by atoms with E-state index < -0.39 is 5.97 Å². The Morgan fingerprint density at radius 2 is 2.04 bits per heavy atom. The maximum Gasteiger partial charge on any atom is 0.354 e. The summed E-state index contributed by atoms with van der Waals surface area (Å²) in [6, 6.07) is 7.74. The molecular weight excluding hydrogens is 292 g/mol. The van der Waals surface area contributed by atoms with Gasteiger partial charge in [-0.2, -0.15) is 0 Å². The van der Waals surface area contributed by atoms with Gasteiger partial charge in [-0.3, -0.25) is 0 Å². The van der Waals surface area contributed by atoms with Gasteiger partial charge in [0.2, 0.25) is 0 Å². The summed E-state index contributed by atoms with van der Waals surface area (Å²) in [7, 11) is 1.50. The molecular formula is C17H26N4O2. The molecule has 0 spiro atoms. The minimum atomic E-state index is -1.00. The highest BCUT2D eigenvalue weighted by molar-refractivity contribution is 5.97. The summed E-state index contributed by atoms with van der Waals surface area (Å²) in [5, 5.41) is 10.2. The normalized spacial score (nSPS) is 16.5. The van der Waals surface area contributed by atoms with Crippen molar-refractivity contribution in [3.63, 3.8) is 0 Å². The maximum absolute atomic E-state index is 11.3. The van der Waals surface area contributed by atoms with Gasteiger partial charge in [-0.15, -0.1) is 0 Å². The van der Waals surface area contributed by atoms with Gasteiger partial charge < -0.3 is 21.5 Å². The van der Waals surface area contributed by atoms with Crippen LogP contribution in [0.1, 0.15) is 29.9 Å². The maximum atomic E-state index is 11.3. The second kappa shape index (κ2) is 7.89. The highest BCUT2D eigenvalue weighted by atomic mass is 16.4. The number of hydrogen-bond donors (Lipinski definition) is 3. The summed E-state index contributed by atoms with van der Waals surface area (Å²) in [5.74, 6) is -1.00. The first-order valence-electron chi connectivity index (χ1n) is 7.27. The molecule has 1 fully saturated rings. The van der Waals surface area contributed by atoms with E-state index >= 15 is 0 Å². The fourth-order valence-electron chi connectivity index (χ4n) is 2.70. The van der Waals surface area contributed by atoms with Crippen molar-refractivity contribution >= 4 is 22.6 Å². The fourth-order valence-corrected chi connectivity index (χ4v) is 2.70. The molecule has 2 heterocycles. The van der Waals surface area contributed by atoms with Gasteiger partial charge in [0.25, 0.3) is 0 Å². The Balaban J connectivity index is 0.000000849. The number of pyridine rings is 1. The van der Waals surface area contributed by atoms with Crippen LogP contribution in [0.4, 0.5) is 5.69 Å². The molecule has 2 aromatic rings. The van der Waals surface area contributed by atoms with Crippen LogP contribution in [0, 0.1) is 6.92 Å². The van der Waals surface area contributed by atoms with E-state index in [9.17, 15) is 9.90 Å². The lowest BCUT2D eigenvalue weighted by Crippen LogP contribution is -2.26. The molecule has 0 bridgehead atoms. The van der Waals surface area contributed by atoms with Crippen LogP contribution in [-0.4, -0.2) is 42.2 Å². The van der Waals surface area contributed by atoms with Crippen molar-refractivity contribution in [2.45, 2.75) is 26.8 Å². The molecule has 3 rings (SSSR count). The number of hydrogen-bond acceptors (Lipinski definition) is 5. The van der Waals surface area contributed by atoms with Crippen LogP contribution >= 0.6 is 0 Å². The number of aromatic nitrogens is 1. The molecule has 1 unspecified atom stereocenters. The van der Waals surface area contributed by atoms with E-state index in [1.165, 1.54) is 7.05 Å². The lowest BCUT2D eigenvalue weighted by Gasteiger charge is -2.20. The Labute approximate surface area is 137 Å². The number of carboxylic acids is 1. The van der Waals surface area contributed by atoms with Crippen molar-refractivity contribution in [2.24, 2.45) is 11.5 Å². The standard InChI is InChI=1S/C15H17N3O2.CH5N.CH4/c1-9-2-3-11-12(6-9)17-13(15(19)20)7-14(11)18-5-4-10(16)8-18;1-2;/h2-3,6-7,10H,4-5,8,16H2,1H3,(H,19,20);2H2,1H3;1H4. The lowest BCUT2D eigenvalue weighted by atomic mass is 10.1. The average Bonchev–Trinajstić information content (AvgIpc) is 2.94. The molecule has 23 heavy (non-hydrogen) atoms. The molecule has 126 valence electrons. The van der Waals surface area contributed by atoms with Crippen LogP contribution in [-0.2, 0) is 0 Å². The number of nitrogens with two attached hydrogens (primary N) is 2. The number of benzene rings is 1. The van der Waals surface area contributed by atoms with Gasteiger partial charge in [0, 0.05) is 30.2 Å². The Morgan fingerprint density at radius 3 is 2.61 bits per heavy atom. The molecule has 6 nitrogen and oxygen atoms in total. The minimum absolute atomic E-state index is 0. The Hall–Kier alpha value is -2.18. The molecule has 1 saturated heterocycles. The molecule has 0 saturated carbocycles. The molecule has 1 aliphatic heterocycles. The fraction of sp³-hybridized carbons (Fsp3) is 0.412. The summed E-state index contributed by atoms with van der Waals surface area (Å²) >= 11 is 0. The van der Waals surface area contributed by atoms with Crippen LogP contribution in [0.2, 0.25) is 0 Å². The highest BCUT2D eigenvalue weighted by Crippen LogP contribution is 2.29. The van der Waals surface area contributed by atoms with Crippen molar-refractivity contribution < 1.29 is 9.90 Å². The number of carbonyl (C=O) groups is 1. The van der Waals surface area contributed by atoms with Gasteiger partial charge in [-0.1, -0.05) is 19.6 Å². The van der Waals surface area contributed by atoms with Gasteiger partial charge in [0.1, 0.15) is 0 Å². The minimum Gasteiger partial charge on any atom is -0.477 e. The van der Waals surface area contributed by atoms with Gasteiger partial charge in [0.15, 0.2) is 5.69 Å². The molecule has 0 aliphatic carbocycles. The molecule has 6 heteroatoms. The summed E-state index contributed by atoms with van der Waals surface area (Å²) in [5.41, 5.74) is 13.2. The van der Waals surface area contributed by atoms with Crippen molar-refractivity contribution in [3.05, 3.63) is 35.5 Å². The SMILES string of the molecule is C.CN.Cc1ccc2c(N3CCC(N)C3)cc(C(=O)O)nc2c1. The van der Waals surface area contributed by atoms with E-state index in [1.807, 2.05) is 25.1 Å². The first-order valence-corrected chi connectivity index (χ1v) is 7.27. The zero-order valence-corrected chi connectivity index (χ0v) is 12.9. The smallest absolute Gasteiger partial charge is 0.354 e. The van der Waals surface area contributed by atoms with E-state index in [0.29, 0.717) is 0 Å². The third-order valence-electron chi connectivity index (χ3n) is 3.73. The number of nitrogens with zero attached hydrogens (tertiary/aromatic N) is 2. The Kier molecular flexibility index (Phi) is 6.48. The lowest BCUT2D eigenvalue weighted by molar-refractivity contribution is 0.0691. The van der Waals surface area contributed by atoms with Gasteiger partial charge in [-0.25, -0.2) is 9.78 Å². The largest absolute Gasteiger partial charge is 0.477 e. The highest BCUT2D eigenvalue weighted by Gasteiger charge is 2.22. The summed E-state index contributed by atoms with van der Waals surface area (Å²) in [4.78, 5) is 17.6. The van der Waals surface area contributed by atoms with Crippen molar-refractivity contribution in [1.82, 2.24) is 4.98 Å². The third-order valence-corrected chi connectivity index (χ3v) is 3.73. The molecule has 5 N–H and O–H groups in total. The van der Waals surface area contributed by atoms with E-state index in [1.54, 1.807) is 6.07 Å². The van der Waals surface area contributed by atoms with Gasteiger partial charge in [0.05, 0.1) is 5.52 Å². The second-order valence-corrected chi connectivity index (χ2v) is 5.35. The van der Waals surface area contributed by atoms with Crippen LogP contribution in [0.5, 0.6) is 0 Å². The summed E-state index contributed by atoms with van der Waals surface area (Å²) < 4.78 is 0. The van der Waals surface area contributed by atoms with Gasteiger partial charge in [-0.05, 0) is 38.1 Å². The number of carboxylic acid groups (broad SMARTS) is 1. The van der Waals surface area contributed by atoms with Crippen LogP contribution in [0.15, 0.2) is 24.3 Å².